The monoisotopic (exact) mass is 444 g/mol. The Labute approximate surface area is 193 Å². The topological polar surface area (TPSA) is 40.6 Å². The van der Waals surface area contributed by atoms with Crippen molar-refractivity contribution >= 4 is 34.3 Å². The highest BCUT2D eigenvalue weighted by Crippen LogP contribution is 2.44. The lowest BCUT2D eigenvalue weighted by Crippen LogP contribution is -2.53. The van der Waals surface area contributed by atoms with Gasteiger partial charge in [-0.2, -0.15) is 0 Å². The molecule has 1 spiro atoms. The van der Waals surface area contributed by atoms with Crippen molar-refractivity contribution in [3.63, 3.8) is 0 Å². The largest absolute Gasteiger partial charge is 0.338 e. The van der Waals surface area contributed by atoms with Gasteiger partial charge in [0.15, 0.2) is 0 Å². The van der Waals surface area contributed by atoms with E-state index in [1.807, 2.05) is 77.3 Å². The minimum atomic E-state index is -0.149. The Morgan fingerprint density at radius 3 is 2.38 bits per heavy atom. The summed E-state index contributed by atoms with van der Waals surface area (Å²) >= 11 is 1.90. The molecule has 0 radical (unpaired) electrons. The van der Waals surface area contributed by atoms with Crippen LogP contribution in [-0.4, -0.2) is 51.9 Å². The van der Waals surface area contributed by atoms with Gasteiger partial charge >= 0.3 is 0 Å². The lowest BCUT2D eigenvalue weighted by Gasteiger charge is -2.44. The summed E-state index contributed by atoms with van der Waals surface area (Å²) in [6.45, 7) is 2.20. The van der Waals surface area contributed by atoms with Crippen LogP contribution in [-0.2, 0) is 11.2 Å². The van der Waals surface area contributed by atoms with Crippen molar-refractivity contribution in [2.75, 3.05) is 25.4 Å². The molecule has 3 aromatic carbocycles. The predicted octanol–water partition coefficient (Wildman–Crippen LogP) is 4.98. The highest BCUT2D eigenvalue weighted by molar-refractivity contribution is 8.00. The molecule has 2 heterocycles. The van der Waals surface area contributed by atoms with Crippen LogP contribution >= 0.6 is 11.8 Å². The van der Waals surface area contributed by atoms with E-state index in [-0.39, 0.29) is 16.7 Å². The Bertz CT molecular complexity index is 1120. The Morgan fingerprint density at radius 2 is 1.56 bits per heavy atom. The van der Waals surface area contributed by atoms with Crippen LogP contribution in [0.3, 0.4) is 0 Å². The van der Waals surface area contributed by atoms with E-state index in [2.05, 4.69) is 17.0 Å². The molecular formula is C27H28N2O2S. The molecule has 5 rings (SSSR count). The molecule has 0 N–H and O–H groups in total. The zero-order chi connectivity index (χ0) is 22.0. The molecule has 0 saturated carbocycles. The fraction of sp³-hybridized carbons (Fsp3) is 0.333. The van der Waals surface area contributed by atoms with Crippen LogP contribution in [0, 0.1) is 0 Å². The third-order valence-corrected chi connectivity index (χ3v) is 8.35. The van der Waals surface area contributed by atoms with Gasteiger partial charge in [0.05, 0.1) is 4.87 Å². The number of carbonyl (C=O) groups is 2. The van der Waals surface area contributed by atoms with Gasteiger partial charge in [-0.3, -0.25) is 9.59 Å². The van der Waals surface area contributed by atoms with Crippen molar-refractivity contribution in [1.29, 1.82) is 0 Å². The molecule has 0 aliphatic carbocycles. The second-order valence-electron chi connectivity index (χ2n) is 8.64. The predicted molar refractivity (Wildman–Crippen MR) is 131 cm³/mol. The summed E-state index contributed by atoms with van der Waals surface area (Å²) < 4.78 is 0. The van der Waals surface area contributed by atoms with E-state index >= 15 is 0 Å². The zero-order valence-corrected chi connectivity index (χ0v) is 19.0. The number of rotatable bonds is 4. The maximum atomic E-state index is 13.3. The number of hydrogen-bond acceptors (Lipinski definition) is 3. The summed E-state index contributed by atoms with van der Waals surface area (Å²) in [5.41, 5.74) is 1.98. The van der Waals surface area contributed by atoms with E-state index in [4.69, 9.17) is 0 Å². The van der Waals surface area contributed by atoms with Gasteiger partial charge in [0.1, 0.15) is 0 Å². The fourth-order valence-corrected chi connectivity index (χ4v) is 6.52. The molecule has 2 aliphatic heterocycles. The highest BCUT2D eigenvalue weighted by Gasteiger charge is 2.46. The lowest BCUT2D eigenvalue weighted by atomic mass is 9.98. The minimum absolute atomic E-state index is 0.0987. The SMILES string of the molecule is O=C(c1cccc2ccccc12)N1CCC2(CC1)SCCN2C(=O)CCc1ccccc1. The van der Waals surface area contributed by atoms with Crippen LogP contribution in [0.1, 0.15) is 35.2 Å². The number of hydrogen-bond donors (Lipinski definition) is 0. The summed E-state index contributed by atoms with van der Waals surface area (Å²) in [6, 6.07) is 24.2. The molecule has 32 heavy (non-hydrogen) atoms. The Balaban J connectivity index is 1.25. The summed E-state index contributed by atoms with van der Waals surface area (Å²) in [6.07, 6.45) is 3.00. The highest BCUT2D eigenvalue weighted by atomic mass is 32.2. The molecular weight excluding hydrogens is 416 g/mol. The number of carbonyl (C=O) groups excluding carboxylic acids is 2. The normalized spacial score (nSPS) is 17.8. The van der Waals surface area contributed by atoms with Crippen molar-refractivity contribution < 1.29 is 9.59 Å². The molecule has 0 atom stereocenters. The van der Waals surface area contributed by atoms with Crippen molar-refractivity contribution in [2.24, 2.45) is 0 Å². The van der Waals surface area contributed by atoms with Crippen LogP contribution in [0.15, 0.2) is 72.8 Å². The molecule has 0 unspecified atom stereocenters. The van der Waals surface area contributed by atoms with Gasteiger partial charge in [-0.05, 0) is 41.7 Å². The summed E-state index contributed by atoms with van der Waals surface area (Å²) in [5.74, 6) is 1.32. The quantitative estimate of drug-likeness (QED) is 0.570. The first-order valence-corrected chi connectivity index (χ1v) is 12.4. The lowest BCUT2D eigenvalue weighted by molar-refractivity contribution is -0.134. The number of piperidine rings is 1. The first kappa shape index (κ1) is 21.1. The van der Waals surface area contributed by atoms with Gasteiger partial charge in [-0.25, -0.2) is 0 Å². The zero-order valence-electron chi connectivity index (χ0n) is 18.2. The number of fused-ring (bicyclic) bond motifs is 1. The first-order valence-electron chi connectivity index (χ1n) is 11.4. The number of likely N-dealkylation sites (tertiary alicyclic amines) is 1. The Morgan fingerprint density at radius 1 is 0.844 bits per heavy atom. The molecule has 164 valence electrons. The van der Waals surface area contributed by atoms with Crippen LogP contribution in [0.4, 0.5) is 0 Å². The molecule has 0 aromatic heterocycles. The third-order valence-electron chi connectivity index (χ3n) is 6.80. The number of amides is 2. The molecule has 2 fully saturated rings. The molecule has 4 nitrogen and oxygen atoms in total. The van der Waals surface area contributed by atoms with Crippen molar-refractivity contribution in [3.8, 4) is 0 Å². The molecule has 2 amide bonds. The second-order valence-corrected chi connectivity index (χ2v) is 10.1. The van der Waals surface area contributed by atoms with Gasteiger partial charge in [-0.1, -0.05) is 66.7 Å². The Hall–Kier alpha value is -2.79. The molecule has 3 aromatic rings. The number of benzene rings is 3. The van der Waals surface area contributed by atoms with E-state index in [1.54, 1.807) is 0 Å². The first-order chi connectivity index (χ1) is 15.7. The van der Waals surface area contributed by atoms with Crippen molar-refractivity contribution in [1.82, 2.24) is 9.80 Å². The maximum absolute atomic E-state index is 13.3. The summed E-state index contributed by atoms with van der Waals surface area (Å²) in [4.78, 5) is 30.4. The van der Waals surface area contributed by atoms with Crippen molar-refractivity contribution in [2.45, 2.75) is 30.6 Å². The van der Waals surface area contributed by atoms with E-state index < -0.39 is 0 Å². The molecule has 5 heteroatoms. The van der Waals surface area contributed by atoms with Crippen LogP contribution in [0.25, 0.3) is 10.8 Å². The minimum Gasteiger partial charge on any atom is -0.338 e. The summed E-state index contributed by atoms with van der Waals surface area (Å²) in [7, 11) is 0. The van der Waals surface area contributed by atoms with E-state index in [0.29, 0.717) is 19.5 Å². The molecule has 2 saturated heterocycles. The number of aryl methyl sites for hydroxylation is 1. The van der Waals surface area contributed by atoms with E-state index in [1.165, 1.54) is 5.56 Å². The third kappa shape index (κ3) is 4.02. The van der Waals surface area contributed by atoms with E-state index in [9.17, 15) is 9.59 Å². The number of thioether (sulfide) groups is 1. The van der Waals surface area contributed by atoms with E-state index in [0.717, 1.165) is 47.9 Å². The molecule has 2 aliphatic rings. The standard InChI is InChI=1S/C27H28N2O2S/c30-25(14-13-21-7-2-1-3-8-21)29-19-20-32-27(29)15-17-28(18-16-27)26(31)24-12-6-10-22-9-4-5-11-23(22)24/h1-12H,13-20H2. The molecule has 0 bridgehead atoms. The van der Waals surface area contributed by atoms with Crippen LogP contribution in [0.2, 0.25) is 0 Å². The fourth-order valence-electron chi connectivity index (χ4n) is 5.05. The van der Waals surface area contributed by atoms with Crippen molar-refractivity contribution in [3.05, 3.63) is 83.9 Å². The second kappa shape index (κ2) is 8.99. The van der Waals surface area contributed by atoms with Crippen LogP contribution < -0.4 is 0 Å². The Kier molecular flexibility index (Phi) is 5.92. The average molecular weight is 445 g/mol. The van der Waals surface area contributed by atoms with Gasteiger partial charge in [0, 0.05) is 37.4 Å². The summed E-state index contributed by atoms with van der Waals surface area (Å²) in [5, 5.41) is 2.10. The van der Waals surface area contributed by atoms with Gasteiger partial charge in [0.25, 0.3) is 5.91 Å². The number of nitrogens with zero attached hydrogens (tertiary/aromatic N) is 2. The van der Waals surface area contributed by atoms with Crippen LogP contribution in [0.5, 0.6) is 0 Å². The maximum Gasteiger partial charge on any atom is 0.254 e. The average Bonchev–Trinajstić information content (AvgIpc) is 3.26. The van der Waals surface area contributed by atoms with Gasteiger partial charge in [-0.15, -0.1) is 11.8 Å². The van der Waals surface area contributed by atoms with Gasteiger partial charge in [0.2, 0.25) is 5.91 Å². The smallest absolute Gasteiger partial charge is 0.254 e. The van der Waals surface area contributed by atoms with Gasteiger partial charge < -0.3 is 9.80 Å².